The van der Waals surface area contributed by atoms with Gasteiger partial charge in [-0.1, -0.05) is 348 Å². The minimum atomic E-state index is -4.97. The third kappa shape index (κ3) is 71.2. The number of aliphatic hydroxyl groups is 1. The van der Waals surface area contributed by atoms with Crippen LogP contribution in [-0.4, -0.2) is 96.7 Å². The molecular weight excluding hydrogens is 1310 g/mol. The molecule has 0 bridgehead atoms. The van der Waals surface area contributed by atoms with Gasteiger partial charge < -0.3 is 33.8 Å². The summed E-state index contributed by atoms with van der Waals surface area (Å²) in [6, 6.07) is 0. The van der Waals surface area contributed by atoms with E-state index in [0.717, 1.165) is 121 Å². The molecule has 4 unspecified atom stereocenters. The average molecular weight is 1460 g/mol. The Balaban J connectivity index is 5.25. The van der Waals surface area contributed by atoms with Crippen LogP contribution in [0.4, 0.5) is 0 Å². The number of ether oxygens (including phenoxy) is 4. The number of unbranched alkanes of at least 4 members (excludes halogenated alkanes) is 43. The molecule has 590 valence electrons. The lowest BCUT2D eigenvalue weighted by Crippen LogP contribution is -2.30. The molecule has 0 aliphatic heterocycles. The molecule has 100 heavy (non-hydrogen) atoms. The Hall–Kier alpha value is -2.46. The van der Waals surface area contributed by atoms with Crippen LogP contribution >= 0.6 is 15.6 Å². The Morgan fingerprint density at radius 2 is 0.560 bits per heavy atom. The number of hydrogen-bond donors (Lipinski definition) is 3. The van der Waals surface area contributed by atoms with Gasteiger partial charge >= 0.3 is 39.5 Å². The molecule has 0 rings (SSSR count). The van der Waals surface area contributed by atoms with Gasteiger partial charge in [-0.2, -0.15) is 0 Å². The molecule has 19 heteroatoms. The first-order chi connectivity index (χ1) is 48.4. The number of hydrogen-bond acceptors (Lipinski definition) is 15. The normalized spacial score (nSPS) is 14.6. The van der Waals surface area contributed by atoms with Gasteiger partial charge in [-0.15, -0.1) is 0 Å². The van der Waals surface area contributed by atoms with E-state index in [4.69, 9.17) is 37.0 Å². The molecule has 3 N–H and O–H groups in total. The summed E-state index contributed by atoms with van der Waals surface area (Å²) in [6.07, 6.45) is 64.5. The molecule has 0 spiro atoms. The van der Waals surface area contributed by atoms with Gasteiger partial charge in [0.2, 0.25) is 0 Å². The number of rotatable bonds is 78. The highest BCUT2D eigenvalue weighted by Crippen LogP contribution is 2.45. The van der Waals surface area contributed by atoms with Crippen molar-refractivity contribution in [3.63, 3.8) is 0 Å². The zero-order valence-corrected chi connectivity index (χ0v) is 66.8. The Labute approximate surface area is 612 Å². The number of phosphoric acid groups is 2. The van der Waals surface area contributed by atoms with Crippen LogP contribution in [0.3, 0.4) is 0 Å². The maximum absolute atomic E-state index is 13.1. The first kappa shape index (κ1) is 97.5. The van der Waals surface area contributed by atoms with E-state index in [1.807, 2.05) is 0 Å². The second kappa shape index (κ2) is 72.1. The molecule has 7 atom stereocenters. The SMILES string of the molecule is CCCCCC/C=C\C=C/CCCCCCCC(=O)OC[C@H](COP(=O)(O)OC[C@@H](O)COP(=O)(O)OC[C@@H](COC(=O)CCCCCCCCCCCCC)OC(=O)CCCCCCCCCCC(C)CC)OC(=O)CCCCCCCCCCCCCCCCCCCCC(C)CC. The second-order valence-corrected chi connectivity index (χ2v) is 31.9. The molecule has 0 aliphatic rings. The van der Waals surface area contributed by atoms with Crippen molar-refractivity contribution in [2.75, 3.05) is 39.6 Å². The third-order valence-corrected chi connectivity index (χ3v) is 21.0. The lowest BCUT2D eigenvalue weighted by atomic mass is 9.99. The summed E-state index contributed by atoms with van der Waals surface area (Å²) in [5, 5.41) is 10.6. The largest absolute Gasteiger partial charge is 0.472 e. The minimum absolute atomic E-state index is 0.101. The highest BCUT2D eigenvalue weighted by atomic mass is 31.2. The average Bonchev–Trinajstić information content (AvgIpc) is 0.917. The lowest BCUT2D eigenvalue weighted by molar-refractivity contribution is -0.161. The number of allylic oxidation sites excluding steroid dienone is 4. The predicted molar refractivity (Wildman–Crippen MR) is 409 cm³/mol. The van der Waals surface area contributed by atoms with Gasteiger partial charge in [0.25, 0.3) is 0 Å². The van der Waals surface area contributed by atoms with Gasteiger partial charge in [0.15, 0.2) is 12.2 Å². The second-order valence-electron chi connectivity index (χ2n) is 29.0. The van der Waals surface area contributed by atoms with Crippen molar-refractivity contribution in [1.82, 2.24) is 0 Å². The summed E-state index contributed by atoms with van der Waals surface area (Å²) in [5.74, 6) is -0.504. The molecule has 17 nitrogen and oxygen atoms in total. The summed E-state index contributed by atoms with van der Waals surface area (Å²) >= 11 is 0. The van der Waals surface area contributed by atoms with E-state index in [0.29, 0.717) is 25.7 Å². The third-order valence-electron chi connectivity index (χ3n) is 19.1. The zero-order chi connectivity index (χ0) is 73.5. The van der Waals surface area contributed by atoms with Crippen LogP contribution in [0.5, 0.6) is 0 Å². The fraction of sp³-hybridized carbons (Fsp3) is 0.901. The Kier molecular flexibility index (Phi) is 70.3. The molecular formula is C81H154O17P2. The van der Waals surface area contributed by atoms with Crippen LogP contribution in [0, 0.1) is 11.8 Å². The summed E-state index contributed by atoms with van der Waals surface area (Å²) in [5.41, 5.74) is 0. The topological polar surface area (TPSA) is 237 Å². The fourth-order valence-electron chi connectivity index (χ4n) is 11.9. The highest BCUT2D eigenvalue weighted by Gasteiger charge is 2.30. The molecule has 0 saturated heterocycles. The first-order valence-corrected chi connectivity index (χ1v) is 44.4. The van der Waals surface area contributed by atoms with Crippen molar-refractivity contribution in [3.05, 3.63) is 24.3 Å². The molecule has 0 radical (unpaired) electrons. The van der Waals surface area contributed by atoms with Crippen LogP contribution in [-0.2, 0) is 65.4 Å². The predicted octanol–water partition coefficient (Wildman–Crippen LogP) is 23.8. The number of carbonyl (C=O) groups excluding carboxylic acids is 4. The van der Waals surface area contributed by atoms with Gasteiger partial charge in [0.1, 0.15) is 19.3 Å². The molecule has 0 saturated carbocycles. The van der Waals surface area contributed by atoms with Crippen molar-refractivity contribution >= 4 is 39.5 Å². The van der Waals surface area contributed by atoms with Crippen LogP contribution in [0.2, 0.25) is 0 Å². The van der Waals surface area contributed by atoms with Gasteiger partial charge in [0.05, 0.1) is 26.4 Å². The Morgan fingerprint density at radius 3 is 0.850 bits per heavy atom. The summed E-state index contributed by atoms with van der Waals surface area (Å²) in [4.78, 5) is 73.0. The van der Waals surface area contributed by atoms with Crippen LogP contribution in [0.1, 0.15) is 401 Å². The van der Waals surface area contributed by atoms with Gasteiger partial charge in [0, 0.05) is 25.7 Å². The van der Waals surface area contributed by atoms with Crippen LogP contribution in [0.15, 0.2) is 24.3 Å². The van der Waals surface area contributed by atoms with Crippen LogP contribution in [0.25, 0.3) is 0 Å². The van der Waals surface area contributed by atoms with E-state index in [9.17, 15) is 43.2 Å². The molecule has 0 amide bonds. The minimum Gasteiger partial charge on any atom is -0.462 e. The highest BCUT2D eigenvalue weighted by molar-refractivity contribution is 7.47. The number of esters is 4. The maximum Gasteiger partial charge on any atom is 0.472 e. The summed E-state index contributed by atoms with van der Waals surface area (Å²) in [6.45, 7) is 9.62. The van der Waals surface area contributed by atoms with E-state index in [1.165, 1.54) is 199 Å². The monoisotopic (exact) mass is 1460 g/mol. The van der Waals surface area contributed by atoms with Gasteiger partial charge in [-0.05, 0) is 63.2 Å². The van der Waals surface area contributed by atoms with Crippen molar-refractivity contribution in [1.29, 1.82) is 0 Å². The smallest absolute Gasteiger partial charge is 0.462 e. The van der Waals surface area contributed by atoms with Gasteiger partial charge in [-0.25, -0.2) is 9.13 Å². The molecule has 0 heterocycles. The van der Waals surface area contributed by atoms with Gasteiger partial charge in [-0.3, -0.25) is 37.3 Å². The van der Waals surface area contributed by atoms with E-state index >= 15 is 0 Å². The summed E-state index contributed by atoms with van der Waals surface area (Å²) < 4.78 is 68.6. The van der Waals surface area contributed by atoms with E-state index in [-0.39, 0.29) is 25.7 Å². The van der Waals surface area contributed by atoms with E-state index < -0.39 is 97.5 Å². The molecule has 0 aromatic heterocycles. The molecule has 0 aromatic rings. The Bertz CT molecular complexity index is 2020. The van der Waals surface area contributed by atoms with Crippen molar-refractivity contribution in [3.8, 4) is 0 Å². The van der Waals surface area contributed by atoms with E-state index in [2.05, 4.69) is 65.8 Å². The van der Waals surface area contributed by atoms with E-state index in [1.54, 1.807) is 0 Å². The first-order valence-electron chi connectivity index (χ1n) is 41.4. The van der Waals surface area contributed by atoms with Crippen molar-refractivity contribution in [2.45, 2.75) is 419 Å². The fourth-order valence-corrected chi connectivity index (χ4v) is 13.5. The molecule has 0 fully saturated rings. The zero-order valence-electron chi connectivity index (χ0n) is 65.0. The lowest BCUT2D eigenvalue weighted by Gasteiger charge is -2.21. The number of carbonyl (C=O) groups is 4. The molecule has 0 aliphatic carbocycles. The molecule has 0 aromatic carbocycles. The number of phosphoric ester groups is 2. The standard InChI is InChI=1S/C81H154O17P2/c1-7-11-13-15-17-19-21-22-27-31-35-39-46-52-58-64-79(84)92-69-76(97-80(85)65-59-53-47-40-36-32-29-26-24-23-25-28-30-34-37-43-49-55-61-73(5)9-3)71-95-99(87,88)93-67-75(82)68-94-100(89,90)96-72-77(70-91-78(83)63-57-51-45-38-33-20-18-16-14-12-8-2)98-81(86)66-60-54-48-42-41-44-50-56-62-74(6)10-4/h19,21-22,27,73-77,82H,7-18,20,23-26,28-72H2,1-6H3,(H,87,88)(H,89,90)/b21-19-,27-22-/t73?,74?,75-,76-,77-/m1/s1. The Morgan fingerprint density at radius 1 is 0.320 bits per heavy atom. The van der Waals surface area contributed by atoms with Crippen molar-refractivity contribution in [2.24, 2.45) is 11.8 Å². The van der Waals surface area contributed by atoms with Crippen molar-refractivity contribution < 1.29 is 80.2 Å². The summed E-state index contributed by atoms with van der Waals surface area (Å²) in [7, 11) is -9.93. The van der Waals surface area contributed by atoms with Crippen LogP contribution < -0.4 is 0 Å². The quantitative estimate of drug-likeness (QED) is 0.0169. The maximum atomic E-state index is 13.1. The number of aliphatic hydroxyl groups excluding tert-OH is 1.